The molecule has 1 heterocycles. The van der Waals surface area contributed by atoms with Crippen molar-refractivity contribution < 1.29 is 13.2 Å². The van der Waals surface area contributed by atoms with Crippen LogP contribution < -0.4 is 11.5 Å². The van der Waals surface area contributed by atoms with Crippen LogP contribution >= 0.6 is 0 Å². The molecule has 0 fully saturated rings. The molecule has 0 aromatic carbocycles. The van der Waals surface area contributed by atoms with Crippen molar-refractivity contribution in [3.8, 4) is 0 Å². The summed E-state index contributed by atoms with van der Waals surface area (Å²) >= 11 is 0. The van der Waals surface area contributed by atoms with Gasteiger partial charge in [-0.3, -0.25) is 0 Å². The van der Waals surface area contributed by atoms with Crippen LogP contribution in [0, 0.1) is 5.95 Å². The van der Waals surface area contributed by atoms with Gasteiger partial charge < -0.3 is 11.5 Å². The summed E-state index contributed by atoms with van der Waals surface area (Å²) in [6.45, 7) is -0.159. The lowest BCUT2D eigenvalue weighted by Gasteiger charge is -2.06. The normalized spacial score (nSPS) is 10.8. The van der Waals surface area contributed by atoms with Crippen molar-refractivity contribution in [2.45, 2.75) is 13.0 Å². The Kier molecular flexibility index (Phi) is 2.72. The lowest BCUT2D eigenvalue weighted by atomic mass is 10.2. The van der Waals surface area contributed by atoms with Crippen molar-refractivity contribution in [3.05, 3.63) is 23.3 Å². The molecule has 0 aliphatic carbocycles. The molecule has 0 saturated heterocycles. The lowest BCUT2D eigenvalue weighted by molar-refractivity contribution is 0.145. The SMILES string of the molecule is NCc1c(N)cc(C(F)F)nc1F. The number of alkyl halides is 2. The minimum Gasteiger partial charge on any atom is -0.398 e. The van der Waals surface area contributed by atoms with Crippen LogP contribution in [-0.4, -0.2) is 4.98 Å². The van der Waals surface area contributed by atoms with Crippen LogP contribution in [0.2, 0.25) is 0 Å². The predicted octanol–water partition coefficient (Wildman–Crippen LogP) is 1.20. The lowest BCUT2D eigenvalue weighted by Crippen LogP contribution is -2.08. The van der Waals surface area contributed by atoms with E-state index in [1.807, 2.05) is 0 Å². The number of anilines is 1. The number of nitrogen functional groups attached to an aromatic ring is 1. The summed E-state index contributed by atoms with van der Waals surface area (Å²) in [5.41, 5.74) is 9.60. The number of hydrogen-bond acceptors (Lipinski definition) is 3. The molecule has 0 aliphatic rings. The van der Waals surface area contributed by atoms with Crippen LogP contribution in [0.4, 0.5) is 18.9 Å². The molecule has 72 valence electrons. The fourth-order valence-corrected chi connectivity index (χ4v) is 0.892. The molecule has 0 aliphatic heterocycles. The van der Waals surface area contributed by atoms with Gasteiger partial charge in [-0.05, 0) is 6.07 Å². The van der Waals surface area contributed by atoms with Crippen LogP contribution in [-0.2, 0) is 6.54 Å². The number of pyridine rings is 1. The number of nitrogens with two attached hydrogens (primary N) is 2. The Hall–Kier alpha value is -1.30. The number of nitrogens with zero attached hydrogens (tertiary/aromatic N) is 1. The molecule has 1 aromatic rings. The second kappa shape index (κ2) is 3.61. The van der Waals surface area contributed by atoms with Crippen LogP contribution in [0.3, 0.4) is 0 Å². The Bertz CT molecular complexity index is 291. The number of halogens is 3. The maximum absolute atomic E-state index is 12.9. The maximum Gasteiger partial charge on any atom is 0.280 e. The molecule has 4 N–H and O–H groups in total. The predicted molar refractivity (Wildman–Crippen MR) is 41.5 cm³/mol. The van der Waals surface area contributed by atoms with Gasteiger partial charge in [-0.25, -0.2) is 13.8 Å². The van der Waals surface area contributed by atoms with E-state index in [0.29, 0.717) is 0 Å². The molecule has 1 aromatic heterocycles. The van der Waals surface area contributed by atoms with E-state index in [2.05, 4.69) is 4.98 Å². The van der Waals surface area contributed by atoms with Crippen molar-refractivity contribution in [2.75, 3.05) is 5.73 Å². The molecule has 0 spiro atoms. The molecule has 3 nitrogen and oxygen atoms in total. The summed E-state index contributed by atoms with van der Waals surface area (Å²) in [6, 6.07) is 0.927. The molecule has 13 heavy (non-hydrogen) atoms. The van der Waals surface area contributed by atoms with Gasteiger partial charge in [0.05, 0.1) is 0 Å². The molecular weight excluding hydrogens is 183 g/mol. The van der Waals surface area contributed by atoms with Gasteiger partial charge in [-0.15, -0.1) is 0 Å². The second-order valence-corrected chi connectivity index (χ2v) is 2.41. The van der Waals surface area contributed by atoms with Crippen LogP contribution in [0.5, 0.6) is 0 Å². The van der Waals surface area contributed by atoms with E-state index in [4.69, 9.17) is 11.5 Å². The first-order valence-corrected chi connectivity index (χ1v) is 3.49. The molecule has 0 amide bonds. The summed E-state index contributed by atoms with van der Waals surface area (Å²) < 4.78 is 37.0. The Morgan fingerprint density at radius 1 is 1.46 bits per heavy atom. The highest BCUT2D eigenvalue weighted by atomic mass is 19.3. The third-order valence-electron chi connectivity index (χ3n) is 1.56. The van der Waals surface area contributed by atoms with Crippen LogP contribution in [0.1, 0.15) is 17.7 Å². The third-order valence-corrected chi connectivity index (χ3v) is 1.56. The van der Waals surface area contributed by atoms with E-state index in [9.17, 15) is 13.2 Å². The van der Waals surface area contributed by atoms with Crippen molar-refractivity contribution in [2.24, 2.45) is 5.73 Å². The monoisotopic (exact) mass is 191 g/mol. The van der Waals surface area contributed by atoms with Gasteiger partial charge in [-0.2, -0.15) is 4.39 Å². The zero-order chi connectivity index (χ0) is 10.0. The molecule has 0 saturated carbocycles. The topological polar surface area (TPSA) is 64.9 Å². The van der Waals surface area contributed by atoms with Crippen molar-refractivity contribution >= 4 is 5.69 Å². The molecule has 0 unspecified atom stereocenters. The highest BCUT2D eigenvalue weighted by Gasteiger charge is 2.14. The molecule has 0 radical (unpaired) electrons. The molecular formula is C7H8F3N3. The summed E-state index contributed by atoms with van der Waals surface area (Å²) in [4.78, 5) is 3.03. The minimum atomic E-state index is -2.83. The van der Waals surface area contributed by atoms with Gasteiger partial charge in [0, 0.05) is 17.8 Å². The van der Waals surface area contributed by atoms with Crippen molar-refractivity contribution in [3.63, 3.8) is 0 Å². The van der Waals surface area contributed by atoms with Crippen LogP contribution in [0.25, 0.3) is 0 Å². The van der Waals surface area contributed by atoms with E-state index < -0.39 is 18.1 Å². The summed E-state index contributed by atoms with van der Waals surface area (Å²) in [7, 11) is 0. The highest BCUT2D eigenvalue weighted by Crippen LogP contribution is 2.22. The first-order chi connectivity index (χ1) is 6.06. The third kappa shape index (κ3) is 1.89. The Morgan fingerprint density at radius 2 is 2.08 bits per heavy atom. The fourth-order valence-electron chi connectivity index (χ4n) is 0.892. The van der Waals surface area contributed by atoms with Gasteiger partial charge >= 0.3 is 0 Å². The highest BCUT2D eigenvalue weighted by molar-refractivity contribution is 5.47. The summed E-state index contributed by atoms with van der Waals surface area (Å²) in [5.74, 6) is -1.03. The first-order valence-electron chi connectivity index (χ1n) is 3.49. The smallest absolute Gasteiger partial charge is 0.280 e. The fraction of sp³-hybridized carbons (Fsp3) is 0.286. The molecule has 0 atom stereocenters. The van der Waals surface area contributed by atoms with Gasteiger partial charge in [-0.1, -0.05) is 0 Å². The summed E-state index contributed by atoms with van der Waals surface area (Å²) in [6.07, 6.45) is -2.83. The molecule has 6 heteroatoms. The molecule has 0 bridgehead atoms. The number of rotatable bonds is 2. The van der Waals surface area contributed by atoms with Gasteiger partial charge in [0.1, 0.15) is 5.69 Å². The Balaban J connectivity index is 3.20. The Labute approximate surface area is 72.6 Å². The van der Waals surface area contributed by atoms with E-state index in [-0.39, 0.29) is 17.8 Å². The average molecular weight is 191 g/mol. The van der Waals surface area contributed by atoms with E-state index in [0.717, 1.165) is 6.07 Å². The van der Waals surface area contributed by atoms with E-state index >= 15 is 0 Å². The van der Waals surface area contributed by atoms with Gasteiger partial charge in [0.2, 0.25) is 5.95 Å². The Morgan fingerprint density at radius 3 is 2.46 bits per heavy atom. The first kappa shape index (κ1) is 9.79. The van der Waals surface area contributed by atoms with Crippen molar-refractivity contribution in [1.29, 1.82) is 0 Å². The standard InChI is InChI=1S/C7H8F3N3/c8-6(9)5-1-4(12)3(2-11)7(10)13-5/h1,6H,2,11H2,(H2,12,13). The van der Waals surface area contributed by atoms with Crippen LogP contribution in [0.15, 0.2) is 6.07 Å². The number of hydrogen-bond donors (Lipinski definition) is 2. The quantitative estimate of drug-likeness (QED) is 0.690. The van der Waals surface area contributed by atoms with Gasteiger partial charge in [0.25, 0.3) is 6.43 Å². The molecule has 1 rings (SSSR count). The zero-order valence-corrected chi connectivity index (χ0v) is 6.60. The second-order valence-electron chi connectivity index (χ2n) is 2.41. The largest absolute Gasteiger partial charge is 0.398 e. The zero-order valence-electron chi connectivity index (χ0n) is 6.60. The maximum atomic E-state index is 12.9. The van der Waals surface area contributed by atoms with Crippen molar-refractivity contribution in [1.82, 2.24) is 4.98 Å². The minimum absolute atomic E-state index is 0.0376. The van der Waals surface area contributed by atoms with Gasteiger partial charge in [0.15, 0.2) is 0 Å². The average Bonchev–Trinajstić information content (AvgIpc) is 2.03. The number of aromatic nitrogens is 1. The van der Waals surface area contributed by atoms with E-state index in [1.165, 1.54) is 0 Å². The summed E-state index contributed by atoms with van der Waals surface area (Å²) in [5, 5.41) is 0. The van der Waals surface area contributed by atoms with E-state index in [1.54, 1.807) is 0 Å².